The predicted molar refractivity (Wildman–Crippen MR) is 81.8 cm³/mol. The summed E-state index contributed by atoms with van der Waals surface area (Å²) in [4.78, 5) is 23.1. The zero-order valence-corrected chi connectivity index (χ0v) is 13.7. The van der Waals surface area contributed by atoms with Crippen molar-refractivity contribution in [3.8, 4) is 0 Å². The number of alkyl halides is 1. The molecular weight excluding hydrogens is 292 g/mol. The van der Waals surface area contributed by atoms with E-state index in [0.717, 1.165) is 18.4 Å². The van der Waals surface area contributed by atoms with Crippen LogP contribution >= 0.6 is 11.6 Å². The van der Waals surface area contributed by atoms with Gasteiger partial charge in [-0.3, -0.25) is 4.79 Å². The zero-order valence-electron chi connectivity index (χ0n) is 12.9. The monoisotopic (exact) mass is 314 g/mol. The molecule has 0 aromatic carbocycles. The molecule has 0 aromatic heterocycles. The van der Waals surface area contributed by atoms with E-state index in [9.17, 15) is 9.59 Å². The molecule has 4 nitrogen and oxygen atoms in total. The zero-order chi connectivity index (χ0) is 16.0. The number of esters is 2. The van der Waals surface area contributed by atoms with Gasteiger partial charge in [-0.25, -0.2) is 4.79 Å². The second kappa shape index (κ2) is 7.64. The van der Waals surface area contributed by atoms with E-state index in [-0.39, 0.29) is 24.4 Å². The molecule has 0 amide bonds. The Hall–Kier alpha value is -1.29. The molecule has 0 aromatic rings. The first-order chi connectivity index (χ1) is 9.75. The van der Waals surface area contributed by atoms with Crippen LogP contribution in [0.25, 0.3) is 0 Å². The summed E-state index contributed by atoms with van der Waals surface area (Å²) >= 11 is 5.35. The van der Waals surface area contributed by atoms with E-state index < -0.39 is 5.60 Å². The van der Waals surface area contributed by atoms with Gasteiger partial charge in [0, 0.05) is 12.0 Å². The normalized spacial score (nSPS) is 25.0. The number of carbonyl (C=O) groups excluding carboxylic acids is 2. The van der Waals surface area contributed by atoms with E-state index in [0.29, 0.717) is 17.9 Å². The lowest BCUT2D eigenvalue weighted by Crippen LogP contribution is -2.35. The van der Waals surface area contributed by atoms with Crippen molar-refractivity contribution in [3.05, 3.63) is 23.8 Å². The number of ether oxygens (including phenoxy) is 2. The molecule has 118 valence electrons. The van der Waals surface area contributed by atoms with Crippen LogP contribution in [-0.4, -0.2) is 23.6 Å². The minimum absolute atomic E-state index is 0.123. The Kier molecular flexibility index (Phi) is 6.46. The second-order valence-electron chi connectivity index (χ2n) is 5.92. The number of hydrogen-bond donors (Lipinski definition) is 0. The predicted octanol–water partition coefficient (Wildman–Crippen LogP) is 3.74. The number of hydrogen-bond acceptors (Lipinski definition) is 4. The van der Waals surface area contributed by atoms with Crippen molar-refractivity contribution < 1.29 is 19.1 Å². The summed E-state index contributed by atoms with van der Waals surface area (Å²) in [7, 11) is 0. The Labute approximate surface area is 131 Å². The minimum atomic E-state index is -0.639. The first kappa shape index (κ1) is 17.8. The highest BCUT2D eigenvalue weighted by atomic mass is 35.5. The number of halogens is 1. The van der Waals surface area contributed by atoms with Crippen molar-refractivity contribution in [3.63, 3.8) is 0 Å². The van der Waals surface area contributed by atoms with Crippen molar-refractivity contribution >= 4 is 23.5 Å². The largest absolute Gasteiger partial charge is 0.452 e. The highest BCUT2D eigenvalue weighted by Gasteiger charge is 2.33. The van der Waals surface area contributed by atoms with Crippen LogP contribution in [0.15, 0.2) is 23.8 Å². The van der Waals surface area contributed by atoms with Gasteiger partial charge in [0.25, 0.3) is 0 Å². The van der Waals surface area contributed by atoms with Gasteiger partial charge in [-0.2, -0.15) is 0 Å². The van der Waals surface area contributed by atoms with E-state index in [1.165, 1.54) is 0 Å². The molecule has 0 heterocycles. The lowest BCUT2D eigenvalue weighted by atomic mass is 9.80. The Morgan fingerprint density at radius 3 is 2.76 bits per heavy atom. The number of rotatable bonds is 6. The molecule has 0 bridgehead atoms. The van der Waals surface area contributed by atoms with E-state index in [1.807, 2.05) is 13.0 Å². The van der Waals surface area contributed by atoms with Gasteiger partial charge in [-0.05, 0) is 45.1 Å². The topological polar surface area (TPSA) is 52.6 Å². The van der Waals surface area contributed by atoms with Gasteiger partial charge in [0.2, 0.25) is 0 Å². The summed E-state index contributed by atoms with van der Waals surface area (Å²) < 4.78 is 10.3. The van der Waals surface area contributed by atoms with Crippen LogP contribution in [0, 0.1) is 5.92 Å². The molecule has 1 aliphatic rings. The number of allylic oxidation sites excluding steroid dienone is 1. The van der Waals surface area contributed by atoms with Crippen LogP contribution in [0.4, 0.5) is 0 Å². The van der Waals surface area contributed by atoms with Gasteiger partial charge < -0.3 is 9.47 Å². The second-order valence-corrected chi connectivity index (χ2v) is 6.14. The van der Waals surface area contributed by atoms with Gasteiger partial charge in [-0.15, -0.1) is 0 Å². The van der Waals surface area contributed by atoms with Gasteiger partial charge in [-0.1, -0.05) is 30.7 Å². The maximum absolute atomic E-state index is 11.7. The molecule has 21 heavy (non-hydrogen) atoms. The third kappa shape index (κ3) is 5.92. The number of carbonyl (C=O) groups is 2. The first-order valence-corrected chi connectivity index (χ1v) is 7.60. The summed E-state index contributed by atoms with van der Waals surface area (Å²) in [6, 6.07) is -0.123. The smallest absolute Gasteiger partial charge is 0.333 e. The molecule has 2 atom stereocenters. The molecule has 1 rings (SSSR count). The fourth-order valence-corrected chi connectivity index (χ4v) is 2.82. The van der Waals surface area contributed by atoms with Crippen molar-refractivity contribution in [1.82, 2.24) is 0 Å². The Bertz CT molecular complexity index is 455. The van der Waals surface area contributed by atoms with Crippen molar-refractivity contribution in [1.29, 1.82) is 0 Å². The summed E-state index contributed by atoms with van der Waals surface area (Å²) in [6.45, 7) is 9.23. The van der Waals surface area contributed by atoms with Crippen LogP contribution < -0.4 is 0 Å². The molecular formula is C16H23ClO4. The van der Waals surface area contributed by atoms with Crippen LogP contribution in [0.5, 0.6) is 0 Å². The van der Waals surface area contributed by atoms with Gasteiger partial charge in [0.05, 0.1) is 0 Å². The van der Waals surface area contributed by atoms with E-state index in [2.05, 4.69) is 13.5 Å². The van der Waals surface area contributed by atoms with Crippen molar-refractivity contribution in [2.24, 2.45) is 5.92 Å². The third-order valence-electron chi connectivity index (χ3n) is 3.41. The average molecular weight is 315 g/mol. The molecule has 1 aliphatic carbocycles. The van der Waals surface area contributed by atoms with E-state index >= 15 is 0 Å². The molecule has 0 N–H and O–H groups in total. The maximum Gasteiger partial charge on any atom is 0.333 e. The molecule has 2 unspecified atom stereocenters. The van der Waals surface area contributed by atoms with Crippen molar-refractivity contribution in [2.75, 3.05) is 6.07 Å². The fourth-order valence-electron chi connectivity index (χ4n) is 2.70. The van der Waals surface area contributed by atoms with Crippen LogP contribution in [0.1, 0.15) is 46.5 Å². The summed E-state index contributed by atoms with van der Waals surface area (Å²) in [5.41, 5.74) is 0.853. The van der Waals surface area contributed by atoms with Crippen LogP contribution in [-0.2, 0) is 19.1 Å². The molecule has 0 fully saturated rings. The lowest BCUT2D eigenvalue weighted by Gasteiger charge is -2.35. The van der Waals surface area contributed by atoms with Gasteiger partial charge in [0.1, 0.15) is 5.60 Å². The Morgan fingerprint density at radius 1 is 1.52 bits per heavy atom. The molecule has 5 heteroatoms. The van der Waals surface area contributed by atoms with Crippen molar-refractivity contribution in [2.45, 2.75) is 52.1 Å². The van der Waals surface area contributed by atoms with Gasteiger partial charge in [0.15, 0.2) is 6.07 Å². The minimum Gasteiger partial charge on any atom is -0.452 e. The Balaban J connectivity index is 2.72. The molecule has 0 radical (unpaired) electrons. The summed E-state index contributed by atoms with van der Waals surface area (Å²) in [5.74, 6) is -0.314. The van der Waals surface area contributed by atoms with Crippen LogP contribution in [0.2, 0.25) is 0 Å². The average Bonchev–Trinajstić information content (AvgIpc) is 2.35. The highest BCUT2D eigenvalue weighted by molar-refractivity contribution is 6.17. The quantitative estimate of drug-likeness (QED) is 0.324. The fraction of sp³-hybridized carbons (Fsp3) is 0.625. The molecule has 0 saturated carbocycles. The van der Waals surface area contributed by atoms with E-state index in [1.54, 1.807) is 6.92 Å². The highest BCUT2D eigenvalue weighted by Crippen LogP contribution is 2.35. The standard InChI is InChI=1S/C16H23ClO4/c1-11(2)15(19)21-16(4)8-12(3)7-13(9-16)5-6-14(18)20-10-17/h9,12H,1,5-8,10H2,2-4H3. The lowest BCUT2D eigenvalue weighted by molar-refractivity contribution is -0.150. The summed E-state index contributed by atoms with van der Waals surface area (Å²) in [6.07, 6.45) is 4.51. The molecule has 0 saturated heterocycles. The Morgan fingerprint density at radius 2 is 2.19 bits per heavy atom. The van der Waals surface area contributed by atoms with E-state index in [4.69, 9.17) is 21.1 Å². The third-order valence-corrected chi connectivity index (χ3v) is 3.52. The first-order valence-electron chi connectivity index (χ1n) is 7.07. The summed E-state index contributed by atoms with van der Waals surface area (Å²) in [5, 5.41) is 0. The SMILES string of the molecule is C=C(C)C(=O)OC1(C)C=C(CCC(=O)OCCl)CC(C)C1. The molecule has 0 spiro atoms. The van der Waals surface area contributed by atoms with Gasteiger partial charge >= 0.3 is 11.9 Å². The van der Waals surface area contributed by atoms with Crippen LogP contribution in [0.3, 0.4) is 0 Å². The maximum atomic E-state index is 11.7. The molecule has 0 aliphatic heterocycles.